The lowest BCUT2D eigenvalue weighted by Gasteiger charge is -2.33. The lowest BCUT2D eigenvalue weighted by atomic mass is 9.90. The van der Waals surface area contributed by atoms with Crippen molar-refractivity contribution < 1.29 is 4.74 Å². The van der Waals surface area contributed by atoms with E-state index in [1.807, 2.05) is 0 Å². The van der Waals surface area contributed by atoms with Crippen LogP contribution in [0.4, 0.5) is 5.69 Å². The highest BCUT2D eigenvalue weighted by Crippen LogP contribution is 2.23. The largest absolute Gasteiger partial charge is 0.382 e. The zero-order valence-electron chi connectivity index (χ0n) is 14.6. The van der Waals surface area contributed by atoms with Crippen LogP contribution in [-0.2, 0) is 11.3 Å². The van der Waals surface area contributed by atoms with Crippen molar-refractivity contribution in [2.75, 3.05) is 51.8 Å². The molecule has 1 N–H and O–H groups in total. The van der Waals surface area contributed by atoms with Gasteiger partial charge in [0.25, 0.3) is 0 Å². The van der Waals surface area contributed by atoms with Crippen molar-refractivity contribution in [3.05, 3.63) is 29.8 Å². The van der Waals surface area contributed by atoms with Crippen LogP contribution in [0.15, 0.2) is 24.3 Å². The Morgan fingerprint density at radius 1 is 1.17 bits per heavy atom. The summed E-state index contributed by atoms with van der Waals surface area (Å²) < 4.78 is 5.43. The predicted molar refractivity (Wildman–Crippen MR) is 95.8 cm³/mol. The van der Waals surface area contributed by atoms with Crippen LogP contribution in [0.1, 0.15) is 25.3 Å². The first-order valence-corrected chi connectivity index (χ1v) is 9.05. The highest BCUT2D eigenvalue weighted by Gasteiger charge is 2.22. The first-order chi connectivity index (χ1) is 11.2. The first-order valence-electron chi connectivity index (χ1n) is 9.05. The number of ether oxygens (including phenoxy) is 1. The van der Waals surface area contributed by atoms with Gasteiger partial charge < -0.3 is 15.0 Å². The van der Waals surface area contributed by atoms with E-state index in [1.54, 1.807) is 0 Å². The highest BCUT2D eigenvalue weighted by molar-refractivity contribution is 5.46. The Bertz CT molecular complexity index is 479. The second-order valence-corrected chi connectivity index (χ2v) is 7.16. The minimum absolute atomic E-state index is 0.544. The zero-order valence-corrected chi connectivity index (χ0v) is 14.6. The maximum absolute atomic E-state index is 5.43. The number of piperidine rings is 1. The fraction of sp³-hybridized carbons (Fsp3) is 0.684. The maximum Gasteiger partial charge on any atom is 0.0594 e. The van der Waals surface area contributed by atoms with Crippen LogP contribution in [0, 0.1) is 5.92 Å². The van der Waals surface area contributed by atoms with Gasteiger partial charge in [0.2, 0.25) is 0 Å². The van der Waals surface area contributed by atoms with E-state index in [-0.39, 0.29) is 0 Å². The molecule has 2 aliphatic rings. The lowest BCUT2D eigenvalue weighted by Crippen LogP contribution is -2.37. The summed E-state index contributed by atoms with van der Waals surface area (Å²) in [6, 6.07) is 9.48. The predicted octanol–water partition coefficient (Wildman–Crippen LogP) is 2.66. The fourth-order valence-electron chi connectivity index (χ4n) is 3.69. The number of nitrogens with one attached hydrogen (secondary N) is 1. The molecule has 4 nitrogen and oxygen atoms in total. The van der Waals surface area contributed by atoms with Gasteiger partial charge in [-0.05, 0) is 63.5 Å². The average Bonchev–Trinajstić information content (AvgIpc) is 2.57. The number of likely N-dealkylation sites (tertiary alicyclic amines) is 1. The summed E-state index contributed by atoms with van der Waals surface area (Å²) in [6.45, 7) is 9.65. The minimum atomic E-state index is 0.544. The van der Waals surface area contributed by atoms with Gasteiger partial charge in [-0.2, -0.15) is 0 Å². The van der Waals surface area contributed by atoms with Gasteiger partial charge in [-0.1, -0.05) is 12.1 Å². The molecule has 1 aromatic rings. The Balaban J connectivity index is 1.54. The van der Waals surface area contributed by atoms with Gasteiger partial charge in [-0.25, -0.2) is 0 Å². The molecule has 2 heterocycles. The van der Waals surface area contributed by atoms with Crippen LogP contribution in [-0.4, -0.2) is 62.3 Å². The van der Waals surface area contributed by atoms with Crippen molar-refractivity contribution in [1.29, 1.82) is 0 Å². The quantitative estimate of drug-likeness (QED) is 0.903. The third-order valence-electron chi connectivity index (χ3n) is 5.30. The second-order valence-electron chi connectivity index (χ2n) is 7.16. The summed E-state index contributed by atoms with van der Waals surface area (Å²) in [5.74, 6) is 0.786. The molecular weight excluding hydrogens is 286 g/mol. The van der Waals surface area contributed by atoms with E-state index >= 15 is 0 Å². The molecule has 0 aromatic heterocycles. The van der Waals surface area contributed by atoms with Crippen molar-refractivity contribution in [3.8, 4) is 0 Å². The molecule has 4 heteroatoms. The van der Waals surface area contributed by atoms with Crippen molar-refractivity contribution in [3.63, 3.8) is 0 Å². The third kappa shape index (κ3) is 4.93. The molecule has 0 spiro atoms. The number of morpholine rings is 1. The molecule has 128 valence electrons. The summed E-state index contributed by atoms with van der Waals surface area (Å²) in [6.07, 6.45) is 2.61. The van der Waals surface area contributed by atoms with E-state index in [9.17, 15) is 0 Å². The Morgan fingerprint density at radius 3 is 2.65 bits per heavy atom. The van der Waals surface area contributed by atoms with E-state index < -0.39 is 0 Å². The van der Waals surface area contributed by atoms with Crippen molar-refractivity contribution in [2.24, 2.45) is 5.92 Å². The zero-order chi connectivity index (χ0) is 16.1. The number of rotatable bonds is 5. The van der Waals surface area contributed by atoms with E-state index in [4.69, 9.17) is 4.74 Å². The molecule has 0 unspecified atom stereocenters. The lowest BCUT2D eigenvalue weighted by molar-refractivity contribution is 0.0342. The molecule has 2 aliphatic heterocycles. The molecule has 0 radical (unpaired) electrons. The Morgan fingerprint density at radius 2 is 1.91 bits per heavy atom. The van der Waals surface area contributed by atoms with Gasteiger partial charge in [-0.15, -0.1) is 0 Å². The normalized spacial score (nSPS) is 22.9. The Kier molecular flexibility index (Phi) is 5.92. The van der Waals surface area contributed by atoms with Crippen LogP contribution < -0.4 is 5.32 Å². The summed E-state index contributed by atoms with van der Waals surface area (Å²) in [4.78, 5) is 4.91. The molecular formula is C19H31N3O. The molecule has 0 saturated carbocycles. The van der Waals surface area contributed by atoms with Crippen LogP contribution >= 0.6 is 0 Å². The standard InChI is InChI=1S/C19H31N3O/c1-16(18-6-8-21(2)9-7-18)20-19-5-3-4-17(14-19)15-22-10-12-23-13-11-22/h3-5,14,16,18,20H,6-13,15H2,1-2H3/t16-/m1/s1. The minimum Gasteiger partial charge on any atom is -0.382 e. The van der Waals surface area contributed by atoms with E-state index in [0.717, 1.165) is 38.8 Å². The fourth-order valence-corrected chi connectivity index (χ4v) is 3.69. The molecule has 3 rings (SSSR count). The van der Waals surface area contributed by atoms with Gasteiger partial charge in [0.15, 0.2) is 0 Å². The molecule has 0 aliphatic carbocycles. The number of nitrogens with zero attached hydrogens (tertiary/aromatic N) is 2. The van der Waals surface area contributed by atoms with Gasteiger partial charge in [-0.3, -0.25) is 4.90 Å². The Labute approximate surface area is 140 Å². The molecule has 1 atom stereocenters. The van der Waals surface area contributed by atoms with Crippen molar-refractivity contribution >= 4 is 5.69 Å². The van der Waals surface area contributed by atoms with E-state index in [1.165, 1.54) is 37.2 Å². The summed E-state index contributed by atoms with van der Waals surface area (Å²) in [7, 11) is 2.23. The molecule has 1 aromatic carbocycles. The average molecular weight is 317 g/mol. The van der Waals surface area contributed by atoms with E-state index in [0.29, 0.717) is 6.04 Å². The van der Waals surface area contributed by atoms with Crippen molar-refractivity contribution in [1.82, 2.24) is 9.80 Å². The second kappa shape index (κ2) is 8.13. The van der Waals surface area contributed by atoms with E-state index in [2.05, 4.69) is 53.4 Å². The van der Waals surface area contributed by atoms with Crippen LogP contribution in [0.3, 0.4) is 0 Å². The maximum atomic E-state index is 5.43. The molecule has 23 heavy (non-hydrogen) atoms. The van der Waals surface area contributed by atoms with Gasteiger partial charge in [0.1, 0.15) is 0 Å². The van der Waals surface area contributed by atoms with Gasteiger partial charge in [0.05, 0.1) is 13.2 Å². The van der Waals surface area contributed by atoms with Gasteiger partial charge >= 0.3 is 0 Å². The van der Waals surface area contributed by atoms with Crippen LogP contribution in [0.25, 0.3) is 0 Å². The first kappa shape index (κ1) is 16.7. The molecule has 2 fully saturated rings. The monoisotopic (exact) mass is 317 g/mol. The van der Waals surface area contributed by atoms with Crippen molar-refractivity contribution in [2.45, 2.75) is 32.4 Å². The number of benzene rings is 1. The smallest absolute Gasteiger partial charge is 0.0594 e. The van der Waals surface area contributed by atoms with Gasteiger partial charge in [0, 0.05) is 31.4 Å². The number of hydrogen-bond donors (Lipinski definition) is 1. The van der Waals surface area contributed by atoms with Crippen LogP contribution in [0.2, 0.25) is 0 Å². The summed E-state index contributed by atoms with van der Waals surface area (Å²) in [5.41, 5.74) is 2.66. The number of hydrogen-bond acceptors (Lipinski definition) is 4. The SMILES string of the molecule is C[C@@H](Nc1cccc(CN2CCOCC2)c1)C1CCN(C)CC1. The summed E-state index contributed by atoms with van der Waals surface area (Å²) in [5, 5.41) is 3.74. The third-order valence-corrected chi connectivity index (χ3v) is 5.30. The Hall–Kier alpha value is -1.10. The molecule has 0 amide bonds. The van der Waals surface area contributed by atoms with Crippen LogP contribution in [0.5, 0.6) is 0 Å². The molecule has 0 bridgehead atoms. The highest BCUT2D eigenvalue weighted by atomic mass is 16.5. The molecule has 2 saturated heterocycles. The summed E-state index contributed by atoms with van der Waals surface area (Å²) >= 11 is 0. The topological polar surface area (TPSA) is 27.7 Å². The number of anilines is 1.